The highest BCUT2D eigenvalue weighted by Crippen LogP contribution is 2.26. The first kappa shape index (κ1) is 18.3. The van der Waals surface area contributed by atoms with Crippen molar-refractivity contribution in [2.45, 2.75) is 0 Å². The van der Waals surface area contributed by atoms with Crippen LogP contribution in [0.1, 0.15) is 10.4 Å². The van der Waals surface area contributed by atoms with Crippen LogP contribution in [0.2, 0.25) is 5.02 Å². The van der Waals surface area contributed by atoms with Crippen molar-refractivity contribution in [3.8, 4) is 0 Å². The maximum Gasteiger partial charge on any atom is 0.339 e. The van der Waals surface area contributed by atoms with Crippen LogP contribution < -0.4 is 5.32 Å². The molecule has 27 heavy (non-hydrogen) atoms. The lowest BCUT2D eigenvalue weighted by atomic mass is 10.1. The number of non-ortho nitro benzene ring substituents is 1. The Morgan fingerprint density at radius 1 is 1.07 bits per heavy atom. The predicted molar refractivity (Wildman–Crippen MR) is 101 cm³/mol. The summed E-state index contributed by atoms with van der Waals surface area (Å²) in [7, 11) is 0. The number of hydrogen-bond acceptors (Lipinski definition) is 5. The number of ether oxygens (including phenoxy) is 1. The molecule has 0 aliphatic heterocycles. The van der Waals surface area contributed by atoms with E-state index in [1.165, 1.54) is 12.1 Å². The number of esters is 1. The number of nitro benzene ring substituents is 1. The molecule has 0 unspecified atom stereocenters. The van der Waals surface area contributed by atoms with E-state index in [4.69, 9.17) is 16.3 Å². The van der Waals surface area contributed by atoms with Gasteiger partial charge in [-0.05, 0) is 22.9 Å². The Bertz CT molecular complexity index is 1050. The molecule has 0 atom stereocenters. The molecule has 0 radical (unpaired) electrons. The highest BCUT2D eigenvalue weighted by molar-refractivity contribution is 6.34. The minimum absolute atomic E-state index is 0.0120. The minimum atomic E-state index is -0.628. The molecule has 0 aliphatic rings. The molecule has 0 aliphatic carbocycles. The highest BCUT2D eigenvalue weighted by Gasteiger charge is 2.15. The van der Waals surface area contributed by atoms with Gasteiger partial charge in [0.15, 0.2) is 6.61 Å². The van der Waals surface area contributed by atoms with Gasteiger partial charge in [0, 0.05) is 12.1 Å². The van der Waals surface area contributed by atoms with E-state index in [1.54, 1.807) is 18.2 Å². The van der Waals surface area contributed by atoms with Crippen LogP contribution >= 0.6 is 11.6 Å². The summed E-state index contributed by atoms with van der Waals surface area (Å²) in [5.41, 5.74) is 0.350. The summed E-state index contributed by atoms with van der Waals surface area (Å²) in [5.74, 6) is -1.24. The van der Waals surface area contributed by atoms with Crippen LogP contribution in [0.4, 0.5) is 11.4 Å². The topological polar surface area (TPSA) is 98.5 Å². The number of halogens is 1. The summed E-state index contributed by atoms with van der Waals surface area (Å²) in [4.78, 5) is 34.4. The summed E-state index contributed by atoms with van der Waals surface area (Å²) >= 11 is 5.91. The summed E-state index contributed by atoms with van der Waals surface area (Å²) in [5, 5.41) is 14.8. The summed E-state index contributed by atoms with van der Waals surface area (Å²) in [6.45, 7) is -0.518. The van der Waals surface area contributed by atoms with Crippen LogP contribution in [0.3, 0.4) is 0 Å². The van der Waals surface area contributed by atoms with Crippen LogP contribution in [0.5, 0.6) is 0 Å². The fourth-order valence-electron chi connectivity index (χ4n) is 2.52. The van der Waals surface area contributed by atoms with Crippen molar-refractivity contribution in [3.63, 3.8) is 0 Å². The number of fused-ring (bicyclic) bond motifs is 1. The molecular weight excluding hydrogens is 372 g/mol. The lowest BCUT2D eigenvalue weighted by Crippen LogP contribution is -2.21. The molecule has 0 spiro atoms. The van der Waals surface area contributed by atoms with E-state index >= 15 is 0 Å². The van der Waals surface area contributed by atoms with Gasteiger partial charge in [0.2, 0.25) is 0 Å². The Morgan fingerprint density at radius 3 is 2.56 bits per heavy atom. The Morgan fingerprint density at radius 2 is 1.81 bits per heavy atom. The quantitative estimate of drug-likeness (QED) is 0.404. The van der Waals surface area contributed by atoms with Crippen molar-refractivity contribution in [1.29, 1.82) is 0 Å². The first-order valence-corrected chi connectivity index (χ1v) is 8.22. The predicted octanol–water partition coefficient (Wildman–Crippen LogP) is 4.20. The van der Waals surface area contributed by atoms with Crippen molar-refractivity contribution in [2.24, 2.45) is 0 Å². The van der Waals surface area contributed by atoms with Crippen LogP contribution in [-0.4, -0.2) is 23.4 Å². The molecule has 7 nitrogen and oxygen atoms in total. The maximum absolute atomic E-state index is 12.3. The lowest BCUT2D eigenvalue weighted by Gasteiger charge is -2.09. The van der Waals surface area contributed by atoms with Crippen LogP contribution in [0, 0.1) is 10.1 Å². The second-order valence-electron chi connectivity index (χ2n) is 5.57. The van der Waals surface area contributed by atoms with Gasteiger partial charge in [0.25, 0.3) is 11.6 Å². The van der Waals surface area contributed by atoms with Gasteiger partial charge in [-0.1, -0.05) is 48.0 Å². The van der Waals surface area contributed by atoms with Crippen molar-refractivity contribution in [3.05, 3.63) is 81.4 Å². The molecule has 0 fully saturated rings. The zero-order chi connectivity index (χ0) is 19.4. The van der Waals surface area contributed by atoms with Gasteiger partial charge in [0.1, 0.15) is 0 Å². The Kier molecular flexibility index (Phi) is 5.33. The van der Waals surface area contributed by atoms with Crippen molar-refractivity contribution >= 4 is 45.6 Å². The molecular formula is C19H13ClN2O5. The molecule has 0 aromatic heterocycles. The standard InChI is InChI=1S/C19H13ClN2O5/c20-16-10-13(22(25)26)8-9-17(16)21-18(23)11-27-19(24)15-7-3-5-12-4-1-2-6-14(12)15/h1-10H,11H2,(H,21,23). The number of carbonyl (C=O) groups excluding carboxylic acids is 2. The lowest BCUT2D eigenvalue weighted by molar-refractivity contribution is -0.384. The number of anilines is 1. The maximum atomic E-state index is 12.3. The molecule has 3 aromatic carbocycles. The SMILES string of the molecule is O=C(COC(=O)c1cccc2ccccc12)Nc1ccc([N+](=O)[O-])cc1Cl. The van der Waals surface area contributed by atoms with E-state index in [-0.39, 0.29) is 16.4 Å². The zero-order valence-corrected chi connectivity index (χ0v) is 14.6. The monoisotopic (exact) mass is 384 g/mol. The highest BCUT2D eigenvalue weighted by atomic mass is 35.5. The van der Waals surface area contributed by atoms with Crippen molar-refractivity contribution in [2.75, 3.05) is 11.9 Å². The third-order valence-electron chi connectivity index (χ3n) is 3.78. The first-order chi connectivity index (χ1) is 13.0. The largest absolute Gasteiger partial charge is 0.452 e. The van der Waals surface area contributed by atoms with Gasteiger partial charge in [0.05, 0.1) is 21.2 Å². The summed E-state index contributed by atoms with van der Waals surface area (Å²) < 4.78 is 5.07. The van der Waals surface area contributed by atoms with E-state index in [2.05, 4.69) is 5.32 Å². The molecule has 8 heteroatoms. The van der Waals surface area contributed by atoms with Gasteiger partial charge in [-0.2, -0.15) is 0 Å². The van der Waals surface area contributed by atoms with E-state index in [0.717, 1.165) is 16.8 Å². The van der Waals surface area contributed by atoms with Gasteiger partial charge in [-0.25, -0.2) is 4.79 Å². The molecule has 0 heterocycles. The number of nitro groups is 1. The Labute approximate surface area is 158 Å². The van der Waals surface area contributed by atoms with E-state index in [9.17, 15) is 19.7 Å². The average Bonchev–Trinajstić information content (AvgIpc) is 2.67. The average molecular weight is 385 g/mol. The minimum Gasteiger partial charge on any atom is -0.452 e. The summed E-state index contributed by atoms with van der Waals surface area (Å²) in [6.07, 6.45) is 0. The second kappa shape index (κ2) is 7.84. The van der Waals surface area contributed by atoms with Crippen LogP contribution in [-0.2, 0) is 9.53 Å². The van der Waals surface area contributed by atoms with Crippen molar-refractivity contribution < 1.29 is 19.2 Å². The molecule has 1 amide bonds. The molecule has 0 saturated heterocycles. The third kappa shape index (κ3) is 4.21. The molecule has 3 rings (SSSR count). The number of benzene rings is 3. The molecule has 0 bridgehead atoms. The normalized spacial score (nSPS) is 10.4. The molecule has 1 N–H and O–H groups in total. The number of nitrogens with one attached hydrogen (secondary N) is 1. The Hall–Kier alpha value is -3.45. The van der Waals surface area contributed by atoms with E-state index in [1.807, 2.05) is 24.3 Å². The molecule has 136 valence electrons. The number of nitrogens with zero attached hydrogens (tertiary/aromatic N) is 1. The van der Waals surface area contributed by atoms with Crippen LogP contribution in [0.25, 0.3) is 10.8 Å². The molecule has 0 saturated carbocycles. The fourth-order valence-corrected chi connectivity index (χ4v) is 2.74. The third-order valence-corrected chi connectivity index (χ3v) is 4.09. The van der Waals surface area contributed by atoms with Crippen molar-refractivity contribution in [1.82, 2.24) is 0 Å². The van der Waals surface area contributed by atoms with Gasteiger partial charge in [-0.3, -0.25) is 14.9 Å². The van der Waals surface area contributed by atoms with E-state index in [0.29, 0.717) is 5.56 Å². The van der Waals surface area contributed by atoms with E-state index < -0.39 is 23.4 Å². The zero-order valence-electron chi connectivity index (χ0n) is 13.8. The number of amides is 1. The summed E-state index contributed by atoms with van der Waals surface area (Å²) in [6, 6.07) is 16.2. The van der Waals surface area contributed by atoms with Gasteiger partial charge < -0.3 is 10.1 Å². The number of hydrogen-bond donors (Lipinski definition) is 1. The fraction of sp³-hybridized carbons (Fsp3) is 0.0526. The van der Waals surface area contributed by atoms with Gasteiger partial charge in [-0.15, -0.1) is 0 Å². The molecule has 3 aromatic rings. The number of rotatable bonds is 5. The smallest absolute Gasteiger partial charge is 0.339 e. The van der Waals surface area contributed by atoms with Crippen LogP contribution in [0.15, 0.2) is 60.7 Å². The van der Waals surface area contributed by atoms with Gasteiger partial charge >= 0.3 is 5.97 Å². The second-order valence-corrected chi connectivity index (χ2v) is 5.98. The first-order valence-electron chi connectivity index (χ1n) is 7.84. The number of carbonyl (C=O) groups is 2. The Balaban J connectivity index is 1.65.